The van der Waals surface area contributed by atoms with Gasteiger partial charge in [-0.25, -0.2) is 9.37 Å². The number of nitrogens with zero attached hydrogens (tertiary/aromatic N) is 1. The van der Waals surface area contributed by atoms with Crippen molar-refractivity contribution >= 4 is 37.5 Å². The molecule has 1 atom stereocenters. The minimum Gasteiger partial charge on any atom is -0.241 e. The largest absolute Gasteiger partial charge is 0.241 e. The smallest absolute Gasteiger partial charge is 0.123 e. The topological polar surface area (TPSA) is 12.9 Å². The number of hydrogen-bond donors (Lipinski definition) is 0. The van der Waals surface area contributed by atoms with Crippen LogP contribution in [0.25, 0.3) is 10.2 Å². The Hall–Kier alpha value is -1.26. The molecule has 3 aromatic rings. The van der Waals surface area contributed by atoms with Crippen molar-refractivity contribution in [3.05, 3.63) is 64.4 Å². The maximum absolute atomic E-state index is 13.2. The highest BCUT2D eigenvalue weighted by atomic mass is 79.9. The van der Waals surface area contributed by atoms with Crippen LogP contribution in [0.3, 0.4) is 0 Å². The minimum atomic E-state index is -0.189. The van der Waals surface area contributed by atoms with Gasteiger partial charge in [0.15, 0.2) is 0 Å². The van der Waals surface area contributed by atoms with Crippen molar-refractivity contribution in [2.45, 2.75) is 18.2 Å². The van der Waals surface area contributed by atoms with E-state index in [1.165, 1.54) is 10.8 Å². The fourth-order valence-corrected chi connectivity index (χ4v) is 4.31. The van der Waals surface area contributed by atoms with Crippen molar-refractivity contribution in [3.8, 4) is 0 Å². The van der Waals surface area contributed by atoms with Crippen LogP contribution in [0.15, 0.2) is 42.5 Å². The van der Waals surface area contributed by atoms with E-state index in [9.17, 15) is 4.39 Å². The molecule has 1 nitrogen and oxygen atoms in total. The van der Waals surface area contributed by atoms with E-state index < -0.39 is 0 Å². The molecule has 0 aliphatic heterocycles. The van der Waals surface area contributed by atoms with E-state index in [2.05, 4.69) is 27.0 Å². The van der Waals surface area contributed by atoms with E-state index >= 15 is 0 Å². The van der Waals surface area contributed by atoms with Crippen LogP contribution in [0.5, 0.6) is 0 Å². The summed E-state index contributed by atoms with van der Waals surface area (Å²) in [6.45, 7) is 1.94. The molecule has 1 aromatic heterocycles. The molecule has 0 fully saturated rings. The second-order valence-electron chi connectivity index (χ2n) is 4.75. The molecule has 102 valence electrons. The van der Waals surface area contributed by atoms with Gasteiger partial charge in [0, 0.05) is 11.2 Å². The van der Waals surface area contributed by atoms with Crippen LogP contribution in [0, 0.1) is 12.7 Å². The predicted octanol–water partition coefficient (Wildman–Crippen LogP) is 5.42. The number of hydrogen-bond acceptors (Lipinski definition) is 2. The lowest BCUT2D eigenvalue weighted by Gasteiger charge is -2.11. The summed E-state index contributed by atoms with van der Waals surface area (Å²) in [6, 6.07) is 13.1. The number of halogens is 2. The number of thiazole rings is 1. The van der Waals surface area contributed by atoms with E-state index in [4.69, 9.17) is 0 Å². The molecule has 0 bridgehead atoms. The zero-order valence-corrected chi connectivity index (χ0v) is 13.3. The van der Waals surface area contributed by atoms with Gasteiger partial charge in [-0.1, -0.05) is 34.1 Å². The molecule has 0 aliphatic rings. The maximum Gasteiger partial charge on any atom is 0.123 e. The average Bonchev–Trinajstić information content (AvgIpc) is 2.80. The quantitative estimate of drug-likeness (QED) is 0.575. The fourth-order valence-electron chi connectivity index (χ4n) is 2.26. The first-order valence-corrected chi connectivity index (χ1v) is 8.11. The molecule has 20 heavy (non-hydrogen) atoms. The Labute approximate surface area is 129 Å². The van der Waals surface area contributed by atoms with Gasteiger partial charge in [-0.2, -0.15) is 0 Å². The van der Waals surface area contributed by atoms with Crippen molar-refractivity contribution in [1.82, 2.24) is 4.98 Å². The highest BCUT2D eigenvalue weighted by molar-refractivity contribution is 9.09. The summed E-state index contributed by atoms with van der Waals surface area (Å²) in [5, 5.41) is 1.09. The first kappa shape index (κ1) is 13.7. The molecule has 0 saturated carbocycles. The Morgan fingerprint density at radius 3 is 2.80 bits per heavy atom. The molecule has 3 rings (SSSR count). The normalized spacial score (nSPS) is 12.8. The lowest BCUT2D eigenvalue weighted by Crippen LogP contribution is -1.98. The summed E-state index contributed by atoms with van der Waals surface area (Å²) >= 11 is 5.41. The number of para-hydroxylation sites is 1. The number of aromatic nitrogens is 1. The third kappa shape index (κ3) is 2.76. The van der Waals surface area contributed by atoms with Crippen LogP contribution in [0.2, 0.25) is 0 Å². The van der Waals surface area contributed by atoms with Crippen molar-refractivity contribution in [1.29, 1.82) is 0 Å². The first-order valence-electron chi connectivity index (χ1n) is 6.38. The monoisotopic (exact) mass is 349 g/mol. The summed E-state index contributed by atoms with van der Waals surface area (Å²) in [5.74, 6) is -0.189. The van der Waals surface area contributed by atoms with Gasteiger partial charge in [0.25, 0.3) is 0 Å². The molecule has 1 unspecified atom stereocenters. The molecule has 0 radical (unpaired) electrons. The summed E-state index contributed by atoms with van der Waals surface area (Å²) in [4.78, 5) is 4.80. The van der Waals surface area contributed by atoms with Gasteiger partial charge in [0.2, 0.25) is 0 Å². The standard InChI is InChI=1S/C16H13BrFNS/c1-10-8-11(18)6-7-12(10)13(17)9-16-19-14-4-2-3-5-15(14)20-16/h2-8,13H,9H2,1H3. The van der Waals surface area contributed by atoms with Crippen molar-refractivity contribution in [2.75, 3.05) is 0 Å². The number of fused-ring (bicyclic) bond motifs is 1. The Morgan fingerprint density at radius 2 is 2.05 bits per heavy atom. The SMILES string of the molecule is Cc1cc(F)ccc1C(Br)Cc1nc2ccccc2s1. The number of benzene rings is 2. The van der Waals surface area contributed by atoms with Gasteiger partial charge in [-0.15, -0.1) is 11.3 Å². The first-order chi connectivity index (χ1) is 9.63. The number of aryl methyl sites for hydroxylation is 1. The fraction of sp³-hybridized carbons (Fsp3) is 0.188. The molecule has 4 heteroatoms. The van der Waals surface area contributed by atoms with E-state index in [-0.39, 0.29) is 10.6 Å². The highest BCUT2D eigenvalue weighted by Gasteiger charge is 2.14. The van der Waals surface area contributed by atoms with Gasteiger partial charge in [0.05, 0.1) is 15.2 Å². The molecular formula is C16H13BrFNS. The Kier molecular flexibility index (Phi) is 3.85. The molecule has 0 spiro atoms. The summed E-state index contributed by atoms with van der Waals surface area (Å²) in [6.07, 6.45) is 0.811. The Balaban J connectivity index is 1.86. The van der Waals surface area contributed by atoms with Crippen LogP contribution < -0.4 is 0 Å². The third-order valence-electron chi connectivity index (χ3n) is 3.26. The van der Waals surface area contributed by atoms with Gasteiger partial charge in [0.1, 0.15) is 5.82 Å². The maximum atomic E-state index is 13.2. The third-order valence-corrected chi connectivity index (χ3v) is 5.14. The molecule has 0 amide bonds. The van der Waals surface area contributed by atoms with E-state index in [0.717, 1.165) is 28.1 Å². The molecular weight excluding hydrogens is 337 g/mol. The van der Waals surface area contributed by atoms with Gasteiger partial charge in [-0.05, 0) is 42.3 Å². The lowest BCUT2D eigenvalue weighted by molar-refractivity contribution is 0.625. The molecule has 2 aromatic carbocycles. The zero-order valence-electron chi connectivity index (χ0n) is 10.9. The summed E-state index contributed by atoms with van der Waals surface area (Å²) in [7, 11) is 0. The molecule has 1 heterocycles. The van der Waals surface area contributed by atoms with E-state index in [1.807, 2.05) is 31.2 Å². The van der Waals surface area contributed by atoms with E-state index in [0.29, 0.717) is 0 Å². The van der Waals surface area contributed by atoms with Crippen molar-refractivity contribution in [3.63, 3.8) is 0 Å². The predicted molar refractivity (Wildman–Crippen MR) is 86.1 cm³/mol. The van der Waals surface area contributed by atoms with Crippen LogP contribution in [0.1, 0.15) is 21.0 Å². The van der Waals surface area contributed by atoms with Crippen LogP contribution >= 0.6 is 27.3 Å². The highest BCUT2D eigenvalue weighted by Crippen LogP contribution is 2.32. The molecule has 0 aliphatic carbocycles. The van der Waals surface area contributed by atoms with Crippen molar-refractivity contribution < 1.29 is 4.39 Å². The number of rotatable bonds is 3. The van der Waals surface area contributed by atoms with Gasteiger partial charge in [-0.3, -0.25) is 0 Å². The zero-order chi connectivity index (χ0) is 14.1. The van der Waals surface area contributed by atoms with Gasteiger partial charge < -0.3 is 0 Å². The Morgan fingerprint density at radius 1 is 1.25 bits per heavy atom. The lowest BCUT2D eigenvalue weighted by atomic mass is 10.0. The van der Waals surface area contributed by atoms with Crippen LogP contribution in [0.4, 0.5) is 4.39 Å². The average molecular weight is 350 g/mol. The van der Waals surface area contributed by atoms with E-state index in [1.54, 1.807) is 17.4 Å². The van der Waals surface area contributed by atoms with Crippen LogP contribution in [-0.4, -0.2) is 4.98 Å². The Bertz CT molecular complexity index is 720. The number of alkyl halides is 1. The van der Waals surface area contributed by atoms with Gasteiger partial charge >= 0.3 is 0 Å². The second-order valence-corrected chi connectivity index (χ2v) is 6.97. The van der Waals surface area contributed by atoms with Crippen LogP contribution in [-0.2, 0) is 6.42 Å². The summed E-state index contributed by atoms with van der Waals surface area (Å²) < 4.78 is 14.4. The minimum absolute atomic E-state index is 0.156. The molecule has 0 N–H and O–H groups in total. The summed E-state index contributed by atoms with van der Waals surface area (Å²) in [5.41, 5.74) is 3.13. The second kappa shape index (κ2) is 5.62. The van der Waals surface area contributed by atoms with Crippen molar-refractivity contribution in [2.24, 2.45) is 0 Å². The molecule has 0 saturated heterocycles.